The Morgan fingerprint density at radius 3 is 2.57 bits per heavy atom. The van der Waals surface area contributed by atoms with Gasteiger partial charge in [-0.25, -0.2) is 17.8 Å². The molecule has 3 aromatic rings. The van der Waals surface area contributed by atoms with E-state index < -0.39 is 10.0 Å². The molecular formula is C20H22N4O3S. The molecule has 2 aromatic carbocycles. The first kappa shape index (κ1) is 19.8. The minimum atomic E-state index is -3.60. The predicted molar refractivity (Wildman–Crippen MR) is 108 cm³/mol. The molecule has 0 aliphatic carbocycles. The van der Waals surface area contributed by atoms with E-state index in [1.54, 1.807) is 47.3 Å². The molecule has 28 heavy (non-hydrogen) atoms. The zero-order valence-corrected chi connectivity index (χ0v) is 16.3. The molecule has 0 bridgehead atoms. The average molecular weight is 398 g/mol. The number of carbonyl (C=O) groups is 1. The van der Waals surface area contributed by atoms with E-state index in [0.29, 0.717) is 17.8 Å². The number of nitrogens with zero attached hydrogens (tertiary/aromatic N) is 2. The first-order chi connectivity index (χ1) is 13.5. The third-order valence-corrected chi connectivity index (χ3v) is 5.58. The molecule has 2 N–H and O–H groups in total. The van der Waals surface area contributed by atoms with Gasteiger partial charge < -0.3 is 5.32 Å². The van der Waals surface area contributed by atoms with Crippen molar-refractivity contribution in [3.05, 3.63) is 72.6 Å². The van der Waals surface area contributed by atoms with Crippen molar-refractivity contribution >= 4 is 21.6 Å². The molecule has 0 radical (unpaired) electrons. The standard InChI is InChI=1S/C20H22N4O3S/c1-2-3-13-22-28(26,27)19-7-4-6-17(15-19)23-20(25)16-8-10-18(11-9-16)24-14-5-12-21-24/h4-12,14-15,22H,2-3,13H2,1H3,(H,23,25). The Morgan fingerprint density at radius 1 is 1.11 bits per heavy atom. The third-order valence-electron chi connectivity index (χ3n) is 4.12. The number of nitrogens with one attached hydrogen (secondary N) is 2. The van der Waals surface area contributed by atoms with E-state index in [1.165, 1.54) is 12.1 Å². The third kappa shape index (κ3) is 4.85. The minimum absolute atomic E-state index is 0.121. The van der Waals surface area contributed by atoms with Crippen molar-refractivity contribution in [1.82, 2.24) is 14.5 Å². The van der Waals surface area contributed by atoms with E-state index in [-0.39, 0.29) is 10.8 Å². The Kier molecular flexibility index (Phi) is 6.23. The summed E-state index contributed by atoms with van der Waals surface area (Å²) in [7, 11) is -3.60. The van der Waals surface area contributed by atoms with Gasteiger partial charge in [-0.1, -0.05) is 19.4 Å². The van der Waals surface area contributed by atoms with E-state index in [1.807, 2.05) is 19.2 Å². The van der Waals surface area contributed by atoms with Crippen molar-refractivity contribution in [2.75, 3.05) is 11.9 Å². The monoisotopic (exact) mass is 398 g/mol. The molecule has 1 amide bonds. The van der Waals surface area contributed by atoms with Gasteiger partial charge in [0, 0.05) is 30.2 Å². The first-order valence-electron chi connectivity index (χ1n) is 9.01. The number of aromatic nitrogens is 2. The summed E-state index contributed by atoms with van der Waals surface area (Å²) >= 11 is 0. The summed E-state index contributed by atoms with van der Waals surface area (Å²) in [5.74, 6) is -0.319. The molecule has 146 valence electrons. The van der Waals surface area contributed by atoms with Crippen LogP contribution in [0.2, 0.25) is 0 Å². The van der Waals surface area contributed by atoms with Gasteiger partial charge >= 0.3 is 0 Å². The summed E-state index contributed by atoms with van der Waals surface area (Å²) < 4.78 is 28.9. The fraction of sp³-hybridized carbons (Fsp3) is 0.200. The molecule has 7 nitrogen and oxygen atoms in total. The number of benzene rings is 2. The summed E-state index contributed by atoms with van der Waals surface area (Å²) in [6, 6.07) is 15.0. The van der Waals surface area contributed by atoms with Gasteiger partial charge in [0.2, 0.25) is 10.0 Å². The fourth-order valence-electron chi connectivity index (χ4n) is 2.60. The number of hydrogen-bond acceptors (Lipinski definition) is 4. The second kappa shape index (κ2) is 8.81. The summed E-state index contributed by atoms with van der Waals surface area (Å²) in [6.45, 7) is 2.38. The molecule has 8 heteroatoms. The predicted octanol–water partition coefficient (Wildman–Crippen LogP) is 3.20. The van der Waals surface area contributed by atoms with Crippen LogP contribution in [-0.4, -0.2) is 30.7 Å². The van der Waals surface area contributed by atoms with Gasteiger partial charge in [0.15, 0.2) is 0 Å². The van der Waals surface area contributed by atoms with Gasteiger partial charge in [-0.2, -0.15) is 5.10 Å². The van der Waals surface area contributed by atoms with Gasteiger partial charge in [-0.15, -0.1) is 0 Å². The average Bonchev–Trinajstić information content (AvgIpc) is 3.23. The maximum atomic E-state index is 12.5. The number of sulfonamides is 1. The highest BCUT2D eigenvalue weighted by molar-refractivity contribution is 7.89. The van der Waals surface area contributed by atoms with E-state index in [9.17, 15) is 13.2 Å². The van der Waals surface area contributed by atoms with Crippen LogP contribution in [0.3, 0.4) is 0 Å². The summed E-state index contributed by atoms with van der Waals surface area (Å²) in [4.78, 5) is 12.6. The molecule has 1 heterocycles. The van der Waals surface area contributed by atoms with Crippen molar-refractivity contribution in [2.24, 2.45) is 0 Å². The summed E-state index contributed by atoms with van der Waals surface area (Å²) in [6.07, 6.45) is 5.16. The van der Waals surface area contributed by atoms with E-state index in [0.717, 1.165) is 18.5 Å². The molecule has 0 saturated heterocycles. The Balaban J connectivity index is 1.70. The maximum Gasteiger partial charge on any atom is 0.255 e. The number of hydrogen-bond donors (Lipinski definition) is 2. The number of rotatable bonds is 8. The van der Waals surface area contributed by atoms with E-state index in [2.05, 4.69) is 15.1 Å². The Bertz CT molecular complexity index is 1030. The number of anilines is 1. The van der Waals surface area contributed by atoms with Crippen LogP contribution in [0.5, 0.6) is 0 Å². The van der Waals surface area contributed by atoms with Crippen LogP contribution < -0.4 is 10.0 Å². The highest BCUT2D eigenvalue weighted by atomic mass is 32.2. The van der Waals surface area contributed by atoms with Crippen molar-refractivity contribution in [3.63, 3.8) is 0 Å². The van der Waals surface area contributed by atoms with Crippen LogP contribution in [0.1, 0.15) is 30.1 Å². The second-order valence-electron chi connectivity index (χ2n) is 6.23. The van der Waals surface area contributed by atoms with Gasteiger partial charge in [-0.3, -0.25) is 4.79 Å². The zero-order valence-electron chi connectivity index (χ0n) is 15.5. The number of unbranched alkanes of at least 4 members (excludes halogenated alkanes) is 1. The van der Waals surface area contributed by atoms with Crippen LogP contribution in [0.25, 0.3) is 5.69 Å². The van der Waals surface area contributed by atoms with Crippen LogP contribution in [0.4, 0.5) is 5.69 Å². The normalized spacial score (nSPS) is 11.3. The topological polar surface area (TPSA) is 93.1 Å². The molecule has 0 aliphatic rings. The lowest BCUT2D eigenvalue weighted by Crippen LogP contribution is -2.24. The van der Waals surface area contributed by atoms with Gasteiger partial charge in [0.1, 0.15) is 0 Å². The van der Waals surface area contributed by atoms with E-state index >= 15 is 0 Å². The quantitative estimate of drug-likeness (QED) is 0.570. The van der Waals surface area contributed by atoms with Crippen LogP contribution in [-0.2, 0) is 10.0 Å². The van der Waals surface area contributed by atoms with Crippen LogP contribution >= 0.6 is 0 Å². The van der Waals surface area contributed by atoms with Gasteiger partial charge in [0.05, 0.1) is 10.6 Å². The fourth-order valence-corrected chi connectivity index (χ4v) is 3.72. The second-order valence-corrected chi connectivity index (χ2v) is 8.00. The lowest BCUT2D eigenvalue weighted by atomic mass is 10.2. The molecule has 0 atom stereocenters. The zero-order chi connectivity index (χ0) is 20.0. The molecule has 1 aromatic heterocycles. The van der Waals surface area contributed by atoms with Crippen molar-refractivity contribution in [2.45, 2.75) is 24.7 Å². The van der Waals surface area contributed by atoms with Crippen LogP contribution in [0, 0.1) is 0 Å². The Morgan fingerprint density at radius 2 is 1.89 bits per heavy atom. The molecule has 0 saturated carbocycles. The Labute approximate surface area is 164 Å². The first-order valence-corrected chi connectivity index (χ1v) is 10.5. The lowest BCUT2D eigenvalue weighted by Gasteiger charge is -2.10. The maximum absolute atomic E-state index is 12.5. The highest BCUT2D eigenvalue weighted by Crippen LogP contribution is 2.17. The molecule has 0 aliphatic heterocycles. The van der Waals surface area contributed by atoms with Crippen molar-refractivity contribution in [1.29, 1.82) is 0 Å². The number of amides is 1. The molecule has 0 fully saturated rings. The van der Waals surface area contributed by atoms with Gasteiger partial charge in [-0.05, 0) is 55.0 Å². The summed E-state index contributed by atoms with van der Waals surface area (Å²) in [5.41, 5.74) is 1.72. The smallest absolute Gasteiger partial charge is 0.255 e. The summed E-state index contributed by atoms with van der Waals surface area (Å²) in [5, 5.41) is 6.88. The molecule has 0 spiro atoms. The van der Waals surface area contributed by atoms with Crippen molar-refractivity contribution in [3.8, 4) is 5.69 Å². The molecular weight excluding hydrogens is 376 g/mol. The molecule has 0 unspecified atom stereocenters. The highest BCUT2D eigenvalue weighted by Gasteiger charge is 2.14. The SMILES string of the molecule is CCCCNS(=O)(=O)c1cccc(NC(=O)c2ccc(-n3cccn3)cc2)c1. The van der Waals surface area contributed by atoms with Crippen LogP contribution in [0.15, 0.2) is 71.9 Å². The Hall–Kier alpha value is -2.97. The van der Waals surface area contributed by atoms with Crippen molar-refractivity contribution < 1.29 is 13.2 Å². The minimum Gasteiger partial charge on any atom is -0.322 e. The van der Waals surface area contributed by atoms with E-state index in [4.69, 9.17) is 0 Å². The largest absolute Gasteiger partial charge is 0.322 e. The number of carbonyl (C=O) groups excluding carboxylic acids is 1. The van der Waals surface area contributed by atoms with Gasteiger partial charge in [0.25, 0.3) is 5.91 Å². The molecule has 3 rings (SSSR count). The lowest BCUT2D eigenvalue weighted by molar-refractivity contribution is 0.102.